The van der Waals surface area contributed by atoms with Crippen LogP contribution in [0.2, 0.25) is 13.1 Å². The molecule has 0 bridgehead atoms. The first-order valence-electron chi connectivity index (χ1n) is 15.4. The molecule has 224 valence electrons. The Labute approximate surface area is 247 Å². The second-order valence-corrected chi connectivity index (χ2v) is 12.0. The fraction of sp³-hybridized carbons (Fsp3) is 0.576. The van der Waals surface area contributed by atoms with Crippen LogP contribution in [0.15, 0.2) is 36.5 Å². The summed E-state index contributed by atoms with van der Waals surface area (Å²) in [5, 5.41) is 1.28. The van der Waals surface area contributed by atoms with Gasteiger partial charge in [0, 0.05) is 61.7 Å². The first kappa shape index (κ1) is 32.8. The molecule has 3 aromatic rings. The molecule has 1 saturated heterocycles. The molecule has 1 atom stereocenters. The predicted octanol–water partition coefficient (Wildman–Crippen LogP) is 6.18. The number of aryl methyl sites for hydroxylation is 1. The molecule has 7 nitrogen and oxygen atoms in total. The van der Waals surface area contributed by atoms with Crippen LogP contribution in [0.5, 0.6) is 0 Å². The van der Waals surface area contributed by atoms with E-state index >= 15 is 0 Å². The van der Waals surface area contributed by atoms with Gasteiger partial charge in [-0.15, -0.1) is 0 Å². The zero-order valence-electron chi connectivity index (χ0n) is 26.6. The Morgan fingerprint density at radius 2 is 1.88 bits per heavy atom. The van der Waals surface area contributed by atoms with E-state index in [9.17, 15) is 4.79 Å². The Hall–Kier alpha value is -2.68. The smallest absolute Gasteiger partial charge is 0.302 e. The number of rotatable bonds is 11. The molecule has 1 aliphatic rings. The summed E-state index contributed by atoms with van der Waals surface area (Å²) in [6, 6.07) is 11.1. The second kappa shape index (κ2) is 15.5. The summed E-state index contributed by atoms with van der Waals surface area (Å²) in [7, 11) is 1.73. The molecule has 2 aromatic heterocycles. The minimum Gasteiger partial charge on any atom is -0.465 e. The number of ether oxygens (including phenoxy) is 2. The highest BCUT2D eigenvalue weighted by molar-refractivity contribution is 6.72. The van der Waals surface area contributed by atoms with Gasteiger partial charge < -0.3 is 14.0 Å². The fourth-order valence-electron chi connectivity index (χ4n) is 5.65. The van der Waals surface area contributed by atoms with Gasteiger partial charge in [0.25, 0.3) is 0 Å². The maximum atomic E-state index is 11.6. The van der Waals surface area contributed by atoms with Gasteiger partial charge in [-0.3, -0.25) is 20.6 Å². The molecular formula is C33H51BN4O3. The standard InChI is InChI=1S/C29H41BN2O3.C4H10N2/c1-9-15-30(7)22-13-14-26-24(17-22)25(18-29(5,6)19-35-21(4)33)28(32(26)10-2)23-12-11-16-31-27(23)20(3)34-8;1-2-4-6-5-3-1/h11-14,16-17,20H,9-10,15,18-19H2,1-8H3;5-6H,1-4H2. The van der Waals surface area contributed by atoms with Gasteiger partial charge in [-0.25, -0.2) is 0 Å². The molecule has 0 amide bonds. The molecule has 0 aliphatic carbocycles. The summed E-state index contributed by atoms with van der Waals surface area (Å²) in [5.41, 5.74) is 12.9. The highest BCUT2D eigenvalue weighted by Crippen LogP contribution is 2.40. The molecule has 8 heteroatoms. The van der Waals surface area contributed by atoms with E-state index in [1.165, 1.54) is 47.4 Å². The van der Waals surface area contributed by atoms with Gasteiger partial charge in [-0.1, -0.05) is 57.9 Å². The van der Waals surface area contributed by atoms with Gasteiger partial charge in [0.05, 0.1) is 24.1 Å². The van der Waals surface area contributed by atoms with Crippen molar-refractivity contribution in [3.8, 4) is 11.3 Å². The van der Waals surface area contributed by atoms with Crippen molar-refractivity contribution in [1.29, 1.82) is 0 Å². The molecule has 0 radical (unpaired) electrons. The fourth-order valence-corrected chi connectivity index (χ4v) is 5.65. The Morgan fingerprint density at radius 3 is 2.44 bits per heavy atom. The highest BCUT2D eigenvalue weighted by atomic mass is 16.5. The van der Waals surface area contributed by atoms with Crippen LogP contribution in [0.1, 0.15) is 78.2 Å². The van der Waals surface area contributed by atoms with E-state index in [0.717, 1.165) is 50.1 Å². The third-order valence-electron chi connectivity index (χ3n) is 7.93. The van der Waals surface area contributed by atoms with E-state index in [-0.39, 0.29) is 17.5 Å². The number of hydrogen-bond donors (Lipinski definition) is 2. The number of methoxy groups -OCH3 is 1. The van der Waals surface area contributed by atoms with Crippen LogP contribution in [0, 0.1) is 5.41 Å². The molecule has 0 spiro atoms. The second-order valence-electron chi connectivity index (χ2n) is 12.0. The van der Waals surface area contributed by atoms with E-state index < -0.39 is 0 Å². The Morgan fingerprint density at radius 1 is 1.17 bits per heavy atom. The number of aromatic nitrogens is 2. The molecule has 1 aliphatic heterocycles. The largest absolute Gasteiger partial charge is 0.465 e. The van der Waals surface area contributed by atoms with Crippen LogP contribution in [-0.4, -0.2) is 49.0 Å². The van der Waals surface area contributed by atoms with Gasteiger partial charge in [-0.05, 0) is 56.9 Å². The van der Waals surface area contributed by atoms with Crippen molar-refractivity contribution in [2.24, 2.45) is 5.41 Å². The molecule has 41 heavy (non-hydrogen) atoms. The SMILES string of the molecule is C1CCNNC1.CCCB(C)c1ccc2c(c1)c(CC(C)(C)COC(C)=O)c(-c1cccnc1C(C)OC)n2CC. The summed E-state index contributed by atoms with van der Waals surface area (Å²) in [4.78, 5) is 16.3. The average Bonchev–Trinajstić information content (AvgIpc) is 3.28. The molecule has 0 saturated carbocycles. The lowest BCUT2D eigenvalue weighted by atomic mass is 9.44. The predicted molar refractivity (Wildman–Crippen MR) is 172 cm³/mol. The van der Waals surface area contributed by atoms with E-state index in [2.05, 4.69) is 74.2 Å². The van der Waals surface area contributed by atoms with E-state index in [4.69, 9.17) is 14.5 Å². The third kappa shape index (κ3) is 8.66. The van der Waals surface area contributed by atoms with Crippen molar-refractivity contribution in [3.05, 3.63) is 47.8 Å². The number of carbonyl (C=O) groups is 1. The topological polar surface area (TPSA) is 77.4 Å². The highest BCUT2D eigenvalue weighted by Gasteiger charge is 2.29. The number of nitrogens with zero attached hydrogens (tertiary/aromatic N) is 2. The first-order valence-corrected chi connectivity index (χ1v) is 15.4. The lowest BCUT2D eigenvalue weighted by Crippen LogP contribution is -2.37. The number of hydrogen-bond acceptors (Lipinski definition) is 6. The van der Waals surface area contributed by atoms with Crippen molar-refractivity contribution in [1.82, 2.24) is 20.4 Å². The van der Waals surface area contributed by atoms with Crippen LogP contribution < -0.4 is 16.3 Å². The summed E-state index contributed by atoms with van der Waals surface area (Å²) in [5.74, 6) is -0.242. The molecule has 2 N–H and O–H groups in total. The van der Waals surface area contributed by atoms with E-state index in [0.29, 0.717) is 13.3 Å². The lowest BCUT2D eigenvalue weighted by Gasteiger charge is -2.25. The van der Waals surface area contributed by atoms with Crippen molar-refractivity contribution in [2.75, 3.05) is 26.8 Å². The van der Waals surface area contributed by atoms with Crippen molar-refractivity contribution in [2.45, 2.75) is 93.0 Å². The number of nitrogens with one attached hydrogen (secondary N) is 2. The Kier molecular flexibility index (Phi) is 12.4. The van der Waals surface area contributed by atoms with Gasteiger partial charge in [-0.2, -0.15) is 0 Å². The summed E-state index contributed by atoms with van der Waals surface area (Å²) >= 11 is 0. The van der Waals surface area contributed by atoms with Crippen LogP contribution in [0.4, 0.5) is 0 Å². The monoisotopic (exact) mass is 562 g/mol. The molecular weight excluding hydrogens is 511 g/mol. The zero-order valence-corrected chi connectivity index (χ0v) is 26.6. The maximum Gasteiger partial charge on any atom is 0.302 e. The van der Waals surface area contributed by atoms with Crippen molar-refractivity contribution < 1.29 is 14.3 Å². The van der Waals surface area contributed by atoms with Gasteiger partial charge in [0.15, 0.2) is 6.71 Å². The number of esters is 1. The number of hydrazine groups is 1. The Balaban J connectivity index is 0.000000681. The minimum absolute atomic E-state index is 0.128. The number of benzene rings is 1. The van der Waals surface area contributed by atoms with Gasteiger partial charge in [0.2, 0.25) is 0 Å². The lowest BCUT2D eigenvalue weighted by molar-refractivity contribution is -0.143. The van der Waals surface area contributed by atoms with Crippen molar-refractivity contribution >= 4 is 29.0 Å². The normalized spacial score (nSPS) is 14.3. The quantitative estimate of drug-likeness (QED) is 0.215. The molecule has 1 unspecified atom stereocenters. The van der Waals surface area contributed by atoms with E-state index in [1.807, 2.05) is 19.2 Å². The molecule has 4 rings (SSSR count). The Bertz CT molecular complexity index is 1260. The average molecular weight is 563 g/mol. The maximum absolute atomic E-state index is 11.6. The molecule has 1 fully saturated rings. The summed E-state index contributed by atoms with van der Waals surface area (Å²) < 4.78 is 13.6. The van der Waals surface area contributed by atoms with Crippen LogP contribution >= 0.6 is 0 Å². The number of carbonyl (C=O) groups excluding carboxylic acids is 1. The first-order chi connectivity index (χ1) is 19.6. The summed E-state index contributed by atoms with van der Waals surface area (Å²) in [6.07, 6.45) is 7.47. The minimum atomic E-state index is -0.242. The van der Waals surface area contributed by atoms with Gasteiger partial charge >= 0.3 is 5.97 Å². The third-order valence-corrected chi connectivity index (χ3v) is 7.93. The summed E-state index contributed by atoms with van der Waals surface area (Å²) in [6.45, 7) is 18.6. The zero-order chi connectivity index (χ0) is 30.0. The molecule has 1 aromatic carbocycles. The van der Waals surface area contributed by atoms with Gasteiger partial charge in [0.1, 0.15) is 0 Å². The number of pyridine rings is 1. The molecule has 3 heterocycles. The number of fused-ring (bicyclic) bond motifs is 1. The van der Waals surface area contributed by atoms with Crippen LogP contribution in [0.3, 0.4) is 0 Å². The van der Waals surface area contributed by atoms with E-state index in [1.54, 1.807) is 7.11 Å². The van der Waals surface area contributed by atoms with Crippen LogP contribution in [0.25, 0.3) is 22.2 Å². The van der Waals surface area contributed by atoms with Crippen LogP contribution in [-0.2, 0) is 27.2 Å². The van der Waals surface area contributed by atoms with Crippen molar-refractivity contribution in [3.63, 3.8) is 0 Å².